The normalized spacial score (nSPS) is 19.7. The molecule has 0 spiro atoms. The second-order valence-electron chi connectivity index (χ2n) is 4.17. The topological polar surface area (TPSA) is 34.9 Å². The van der Waals surface area contributed by atoms with E-state index >= 15 is 0 Å². The van der Waals surface area contributed by atoms with Crippen molar-refractivity contribution < 1.29 is 0 Å². The Labute approximate surface area is 83.8 Å². The van der Waals surface area contributed by atoms with Gasteiger partial charge in [0.15, 0.2) is 0 Å². The monoisotopic (exact) mass is 192 g/mol. The molecule has 0 N–H and O–H groups in total. The van der Waals surface area contributed by atoms with Gasteiger partial charge in [-0.3, -0.25) is 9.36 Å². The molecule has 1 atom stereocenters. The summed E-state index contributed by atoms with van der Waals surface area (Å²) >= 11 is 0. The molecule has 2 heterocycles. The number of aromatic nitrogens is 2. The zero-order valence-electron chi connectivity index (χ0n) is 8.79. The van der Waals surface area contributed by atoms with Crippen LogP contribution in [0.25, 0.3) is 0 Å². The first kappa shape index (κ1) is 9.44. The van der Waals surface area contributed by atoms with Crippen molar-refractivity contribution in [3.8, 4) is 0 Å². The number of rotatable bonds is 2. The van der Waals surface area contributed by atoms with Crippen molar-refractivity contribution in [1.29, 1.82) is 0 Å². The average molecular weight is 192 g/mol. The molecular weight excluding hydrogens is 176 g/mol. The lowest BCUT2D eigenvalue weighted by molar-refractivity contribution is 0.556. The van der Waals surface area contributed by atoms with Crippen LogP contribution in [0.5, 0.6) is 0 Å². The zero-order valence-corrected chi connectivity index (χ0v) is 8.79. The van der Waals surface area contributed by atoms with E-state index in [-0.39, 0.29) is 5.56 Å². The SMILES string of the molecule is CCCc1cc(=O)n2c(n1)CC(C)C2. The van der Waals surface area contributed by atoms with Crippen LogP contribution in [-0.2, 0) is 19.4 Å². The van der Waals surface area contributed by atoms with E-state index in [1.54, 1.807) is 6.07 Å². The fraction of sp³-hybridized carbons (Fsp3) is 0.636. The Balaban J connectivity index is 2.41. The van der Waals surface area contributed by atoms with E-state index < -0.39 is 0 Å². The van der Waals surface area contributed by atoms with Crippen molar-refractivity contribution in [3.05, 3.63) is 27.9 Å². The molecule has 0 fully saturated rings. The Morgan fingerprint density at radius 1 is 1.64 bits per heavy atom. The molecule has 0 bridgehead atoms. The Kier molecular flexibility index (Phi) is 2.40. The summed E-state index contributed by atoms with van der Waals surface area (Å²) < 4.78 is 1.81. The quantitative estimate of drug-likeness (QED) is 0.709. The molecule has 2 rings (SSSR count). The van der Waals surface area contributed by atoms with Crippen molar-refractivity contribution in [3.63, 3.8) is 0 Å². The van der Waals surface area contributed by atoms with Crippen LogP contribution >= 0.6 is 0 Å². The van der Waals surface area contributed by atoms with Crippen LogP contribution in [0.15, 0.2) is 10.9 Å². The van der Waals surface area contributed by atoms with E-state index in [2.05, 4.69) is 18.8 Å². The highest BCUT2D eigenvalue weighted by Crippen LogP contribution is 2.15. The molecule has 1 aromatic heterocycles. The van der Waals surface area contributed by atoms with Gasteiger partial charge in [0.25, 0.3) is 5.56 Å². The van der Waals surface area contributed by atoms with Gasteiger partial charge in [0.2, 0.25) is 0 Å². The lowest BCUT2D eigenvalue weighted by Gasteiger charge is -2.03. The maximum absolute atomic E-state index is 11.7. The van der Waals surface area contributed by atoms with Gasteiger partial charge in [-0.15, -0.1) is 0 Å². The Hall–Kier alpha value is -1.12. The smallest absolute Gasteiger partial charge is 0.253 e. The Bertz CT molecular complexity index is 395. The third kappa shape index (κ3) is 1.59. The summed E-state index contributed by atoms with van der Waals surface area (Å²) in [5, 5.41) is 0. The van der Waals surface area contributed by atoms with Gasteiger partial charge in [-0.1, -0.05) is 20.3 Å². The number of nitrogens with zero attached hydrogens (tertiary/aromatic N) is 2. The van der Waals surface area contributed by atoms with E-state index in [1.165, 1.54) is 0 Å². The molecule has 14 heavy (non-hydrogen) atoms. The minimum Gasteiger partial charge on any atom is -0.296 e. The summed E-state index contributed by atoms with van der Waals surface area (Å²) in [6.45, 7) is 5.11. The van der Waals surface area contributed by atoms with E-state index in [0.717, 1.165) is 37.3 Å². The maximum atomic E-state index is 11.7. The minimum absolute atomic E-state index is 0.128. The third-order valence-corrected chi connectivity index (χ3v) is 2.67. The molecule has 1 unspecified atom stereocenters. The molecule has 1 aromatic rings. The Morgan fingerprint density at radius 2 is 2.43 bits per heavy atom. The maximum Gasteiger partial charge on any atom is 0.253 e. The number of fused-ring (bicyclic) bond motifs is 1. The molecule has 0 radical (unpaired) electrons. The lowest BCUT2D eigenvalue weighted by Crippen LogP contribution is -2.21. The highest BCUT2D eigenvalue weighted by Gasteiger charge is 2.19. The summed E-state index contributed by atoms with van der Waals surface area (Å²) in [4.78, 5) is 16.2. The number of hydrogen-bond acceptors (Lipinski definition) is 2. The summed E-state index contributed by atoms with van der Waals surface area (Å²) in [7, 11) is 0. The van der Waals surface area contributed by atoms with Crippen molar-refractivity contribution in [2.75, 3.05) is 0 Å². The lowest BCUT2D eigenvalue weighted by atomic mass is 10.1. The van der Waals surface area contributed by atoms with Gasteiger partial charge < -0.3 is 0 Å². The second kappa shape index (κ2) is 3.56. The van der Waals surface area contributed by atoms with E-state index in [4.69, 9.17) is 0 Å². The van der Waals surface area contributed by atoms with Crippen molar-refractivity contribution in [2.24, 2.45) is 5.92 Å². The molecule has 0 saturated carbocycles. The highest BCUT2D eigenvalue weighted by atomic mass is 16.1. The molecule has 0 saturated heterocycles. The number of aryl methyl sites for hydroxylation is 1. The molecule has 0 aliphatic carbocycles. The summed E-state index contributed by atoms with van der Waals surface area (Å²) in [6.07, 6.45) is 2.91. The average Bonchev–Trinajstić information content (AvgIpc) is 2.47. The van der Waals surface area contributed by atoms with Crippen LogP contribution in [0, 0.1) is 5.92 Å². The standard InChI is InChI=1S/C11H16N2O/c1-3-4-9-6-11(14)13-7-8(2)5-10(13)12-9/h6,8H,3-5,7H2,1-2H3. The third-order valence-electron chi connectivity index (χ3n) is 2.67. The fourth-order valence-corrected chi connectivity index (χ4v) is 2.03. The van der Waals surface area contributed by atoms with Gasteiger partial charge >= 0.3 is 0 Å². The van der Waals surface area contributed by atoms with Crippen molar-refractivity contribution in [1.82, 2.24) is 9.55 Å². The molecule has 3 nitrogen and oxygen atoms in total. The molecule has 0 aromatic carbocycles. The van der Waals surface area contributed by atoms with Crippen LogP contribution < -0.4 is 5.56 Å². The van der Waals surface area contributed by atoms with Crippen LogP contribution in [0.4, 0.5) is 0 Å². The van der Waals surface area contributed by atoms with Gasteiger partial charge in [0, 0.05) is 24.7 Å². The summed E-state index contributed by atoms with van der Waals surface area (Å²) in [6, 6.07) is 1.69. The van der Waals surface area contributed by atoms with Crippen molar-refractivity contribution in [2.45, 2.75) is 39.7 Å². The van der Waals surface area contributed by atoms with Crippen molar-refractivity contribution >= 4 is 0 Å². The molecular formula is C11H16N2O. The van der Waals surface area contributed by atoms with E-state index in [1.807, 2.05) is 4.57 Å². The van der Waals surface area contributed by atoms with Gasteiger partial charge in [0.1, 0.15) is 5.82 Å². The van der Waals surface area contributed by atoms with Crippen LogP contribution in [0.2, 0.25) is 0 Å². The fourth-order valence-electron chi connectivity index (χ4n) is 2.03. The first-order chi connectivity index (χ1) is 6.70. The second-order valence-corrected chi connectivity index (χ2v) is 4.17. The minimum atomic E-state index is 0.128. The molecule has 1 aliphatic heterocycles. The predicted molar refractivity (Wildman–Crippen MR) is 55.4 cm³/mol. The van der Waals surface area contributed by atoms with Gasteiger partial charge in [-0.25, -0.2) is 4.98 Å². The predicted octanol–water partition coefficient (Wildman–Crippen LogP) is 1.39. The molecule has 3 heteroatoms. The first-order valence-electron chi connectivity index (χ1n) is 5.30. The van der Waals surface area contributed by atoms with Crippen LogP contribution in [0.3, 0.4) is 0 Å². The first-order valence-corrected chi connectivity index (χ1v) is 5.30. The molecule has 76 valence electrons. The van der Waals surface area contributed by atoms with Gasteiger partial charge in [-0.2, -0.15) is 0 Å². The largest absolute Gasteiger partial charge is 0.296 e. The summed E-state index contributed by atoms with van der Waals surface area (Å²) in [5.74, 6) is 1.54. The molecule has 0 amide bonds. The highest BCUT2D eigenvalue weighted by molar-refractivity contribution is 5.08. The Morgan fingerprint density at radius 3 is 3.14 bits per heavy atom. The molecule has 1 aliphatic rings. The van der Waals surface area contributed by atoms with E-state index in [0.29, 0.717) is 5.92 Å². The number of hydrogen-bond donors (Lipinski definition) is 0. The van der Waals surface area contributed by atoms with E-state index in [9.17, 15) is 4.79 Å². The van der Waals surface area contributed by atoms with Gasteiger partial charge in [0.05, 0.1) is 0 Å². The summed E-state index contributed by atoms with van der Waals surface area (Å²) in [5.41, 5.74) is 1.08. The van der Waals surface area contributed by atoms with Gasteiger partial charge in [-0.05, 0) is 12.3 Å². The zero-order chi connectivity index (χ0) is 10.1. The van der Waals surface area contributed by atoms with Crippen LogP contribution in [-0.4, -0.2) is 9.55 Å². The van der Waals surface area contributed by atoms with Crippen LogP contribution in [0.1, 0.15) is 31.8 Å².